The number of aryl methyl sites for hydroxylation is 2. The standard InChI is InChI=1S/C13H21BrN2O2/c1-3-16-11(13(14)9(2)15-16)8-12(17)10-4-6-18-7-5-10/h10,12,17H,3-8H2,1-2H3. The number of hydrogen-bond acceptors (Lipinski definition) is 3. The van der Waals surface area contributed by atoms with Gasteiger partial charge in [0.2, 0.25) is 0 Å². The molecule has 0 saturated carbocycles. The molecule has 1 aromatic rings. The summed E-state index contributed by atoms with van der Waals surface area (Å²) in [5.41, 5.74) is 2.10. The van der Waals surface area contributed by atoms with E-state index in [-0.39, 0.29) is 6.10 Å². The monoisotopic (exact) mass is 316 g/mol. The van der Waals surface area contributed by atoms with Crippen LogP contribution in [0.25, 0.3) is 0 Å². The summed E-state index contributed by atoms with van der Waals surface area (Å²) in [6.07, 6.45) is 2.28. The van der Waals surface area contributed by atoms with E-state index in [1.165, 1.54) is 0 Å². The summed E-state index contributed by atoms with van der Waals surface area (Å²) in [5.74, 6) is 0.353. The molecule has 0 spiro atoms. The molecule has 0 aliphatic carbocycles. The van der Waals surface area contributed by atoms with Crippen molar-refractivity contribution in [3.63, 3.8) is 0 Å². The highest BCUT2D eigenvalue weighted by Gasteiger charge is 2.25. The third kappa shape index (κ3) is 2.95. The van der Waals surface area contributed by atoms with Gasteiger partial charge in [-0.25, -0.2) is 0 Å². The molecule has 0 aromatic carbocycles. The van der Waals surface area contributed by atoms with Crippen LogP contribution < -0.4 is 0 Å². The fourth-order valence-corrected chi connectivity index (χ4v) is 2.98. The van der Waals surface area contributed by atoms with Gasteiger partial charge in [-0.05, 0) is 48.5 Å². The minimum atomic E-state index is -0.299. The van der Waals surface area contributed by atoms with E-state index in [1.807, 2.05) is 11.6 Å². The van der Waals surface area contributed by atoms with Crippen molar-refractivity contribution >= 4 is 15.9 Å². The Kier molecular flexibility index (Phi) is 4.81. The maximum atomic E-state index is 10.4. The van der Waals surface area contributed by atoms with Crippen LogP contribution in [0.1, 0.15) is 31.2 Å². The van der Waals surface area contributed by atoms with Crippen molar-refractivity contribution in [2.45, 2.75) is 45.8 Å². The van der Waals surface area contributed by atoms with Crippen molar-refractivity contribution in [1.82, 2.24) is 9.78 Å². The molecule has 1 fully saturated rings. The van der Waals surface area contributed by atoms with Crippen LogP contribution in [0, 0.1) is 12.8 Å². The van der Waals surface area contributed by atoms with Crippen molar-refractivity contribution in [3.8, 4) is 0 Å². The second-order valence-electron chi connectivity index (χ2n) is 4.88. The number of rotatable bonds is 4. The Bertz CT molecular complexity index is 400. The molecular formula is C13H21BrN2O2. The number of aliphatic hydroxyl groups excluding tert-OH is 1. The average molecular weight is 317 g/mol. The summed E-state index contributed by atoms with van der Waals surface area (Å²) in [6, 6.07) is 0. The van der Waals surface area contributed by atoms with Gasteiger partial charge in [0.25, 0.3) is 0 Å². The number of aromatic nitrogens is 2. The topological polar surface area (TPSA) is 47.3 Å². The van der Waals surface area contributed by atoms with E-state index < -0.39 is 0 Å². The molecule has 1 aromatic heterocycles. The van der Waals surface area contributed by atoms with Crippen LogP contribution in [-0.4, -0.2) is 34.2 Å². The van der Waals surface area contributed by atoms with Crippen molar-refractivity contribution < 1.29 is 9.84 Å². The molecule has 4 nitrogen and oxygen atoms in total. The van der Waals surface area contributed by atoms with Gasteiger partial charge in [-0.1, -0.05) is 0 Å². The summed E-state index contributed by atoms with van der Waals surface area (Å²) < 4.78 is 8.35. The minimum absolute atomic E-state index is 0.299. The third-order valence-corrected chi connectivity index (χ3v) is 4.70. The first-order valence-electron chi connectivity index (χ1n) is 6.61. The maximum Gasteiger partial charge on any atom is 0.0738 e. The molecule has 5 heteroatoms. The first-order chi connectivity index (χ1) is 8.63. The van der Waals surface area contributed by atoms with Gasteiger partial charge in [-0.2, -0.15) is 5.10 Å². The van der Waals surface area contributed by atoms with Gasteiger partial charge in [-0.3, -0.25) is 4.68 Å². The van der Waals surface area contributed by atoms with Gasteiger partial charge in [0, 0.05) is 26.2 Å². The van der Waals surface area contributed by atoms with E-state index in [0.29, 0.717) is 12.3 Å². The zero-order valence-corrected chi connectivity index (χ0v) is 12.6. The number of nitrogens with zero attached hydrogens (tertiary/aromatic N) is 2. The minimum Gasteiger partial charge on any atom is -0.392 e. The van der Waals surface area contributed by atoms with Crippen LogP contribution in [0.4, 0.5) is 0 Å². The highest BCUT2D eigenvalue weighted by molar-refractivity contribution is 9.10. The molecule has 0 bridgehead atoms. The SMILES string of the molecule is CCn1nc(C)c(Br)c1CC(O)C1CCOCC1. The predicted molar refractivity (Wildman–Crippen MR) is 73.6 cm³/mol. The molecule has 1 aliphatic rings. The van der Waals surface area contributed by atoms with Gasteiger partial charge in [-0.15, -0.1) is 0 Å². The van der Waals surface area contributed by atoms with E-state index in [0.717, 1.165) is 48.5 Å². The fraction of sp³-hybridized carbons (Fsp3) is 0.769. The summed E-state index contributed by atoms with van der Waals surface area (Å²) in [5, 5.41) is 14.8. The fourth-order valence-electron chi connectivity index (χ4n) is 2.53. The van der Waals surface area contributed by atoms with Crippen molar-refractivity contribution in [3.05, 3.63) is 15.9 Å². The molecule has 1 N–H and O–H groups in total. The molecule has 2 heterocycles. The lowest BCUT2D eigenvalue weighted by atomic mass is 9.91. The van der Waals surface area contributed by atoms with Gasteiger partial charge in [0.15, 0.2) is 0 Å². The van der Waals surface area contributed by atoms with Crippen LogP contribution in [0.15, 0.2) is 4.47 Å². The first kappa shape index (κ1) is 14.0. The van der Waals surface area contributed by atoms with Crippen LogP contribution >= 0.6 is 15.9 Å². The number of aliphatic hydroxyl groups is 1. The average Bonchev–Trinajstić information content (AvgIpc) is 2.67. The van der Waals surface area contributed by atoms with E-state index in [1.54, 1.807) is 0 Å². The number of hydrogen-bond donors (Lipinski definition) is 1. The molecule has 1 atom stereocenters. The number of halogens is 1. The molecule has 1 saturated heterocycles. The van der Waals surface area contributed by atoms with E-state index in [9.17, 15) is 5.11 Å². The predicted octanol–water partition coefficient (Wildman–Crippen LogP) is 2.30. The quantitative estimate of drug-likeness (QED) is 0.927. The summed E-state index contributed by atoms with van der Waals surface area (Å²) >= 11 is 3.58. The van der Waals surface area contributed by atoms with Crippen molar-refractivity contribution in [2.24, 2.45) is 5.92 Å². The smallest absolute Gasteiger partial charge is 0.0738 e. The molecule has 18 heavy (non-hydrogen) atoms. The van der Waals surface area contributed by atoms with E-state index >= 15 is 0 Å². The Balaban J connectivity index is 2.08. The Morgan fingerprint density at radius 1 is 1.50 bits per heavy atom. The molecule has 102 valence electrons. The summed E-state index contributed by atoms with van der Waals surface area (Å²) in [7, 11) is 0. The summed E-state index contributed by atoms with van der Waals surface area (Å²) in [6.45, 7) is 6.44. The molecule has 0 amide bonds. The molecule has 1 aliphatic heterocycles. The Hall–Kier alpha value is -0.390. The Morgan fingerprint density at radius 3 is 2.78 bits per heavy atom. The lowest BCUT2D eigenvalue weighted by Gasteiger charge is -2.26. The van der Waals surface area contributed by atoms with Crippen molar-refractivity contribution in [2.75, 3.05) is 13.2 Å². The lowest BCUT2D eigenvalue weighted by Crippen LogP contribution is -2.29. The maximum absolute atomic E-state index is 10.4. The Morgan fingerprint density at radius 2 is 2.17 bits per heavy atom. The zero-order valence-electron chi connectivity index (χ0n) is 11.0. The molecule has 0 radical (unpaired) electrons. The number of ether oxygens (including phenoxy) is 1. The Labute approximate surface area is 116 Å². The second kappa shape index (κ2) is 6.17. The highest BCUT2D eigenvalue weighted by Crippen LogP contribution is 2.26. The lowest BCUT2D eigenvalue weighted by molar-refractivity contribution is 0.00765. The second-order valence-corrected chi connectivity index (χ2v) is 5.68. The van der Waals surface area contributed by atoms with E-state index in [2.05, 4.69) is 28.0 Å². The zero-order chi connectivity index (χ0) is 13.1. The third-order valence-electron chi connectivity index (χ3n) is 3.67. The van der Waals surface area contributed by atoms with Crippen molar-refractivity contribution in [1.29, 1.82) is 0 Å². The molecular weight excluding hydrogens is 296 g/mol. The molecule has 2 rings (SSSR count). The van der Waals surface area contributed by atoms with Gasteiger partial charge < -0.3 is 9.84 Å². The normalized spacial score (nSPS) is 19.1. The van der Waals surface area contributed by atoms with Gasteiger partial charge >= 0.3 is 0 Å². The van der Waals surface area contributed by atoms with Crippen LogP contribution in [0.2, 0.25) is 0 Å². The van der Waals surface area contributed by atoms with E-state index in [4.69, 9.17) is 4.74 Å². The van der Waals surface area contributed by atoms with Crippen LogP contribution in [0.5, 0.6) is 0 Å². The van der Waals surface area contributed by atoms with Gasteiger partial charge in [0.05, 0.1) is 22.0 Å². The van der Waals surface area contributed by atoms with Crippen LogP contribution in [-0.2, 0) is 17.7 Å². The molecule has 1 unspecified atom stereocenters. The first-order valence-corrected chi connectivity index (χ1v) is 7.40. The summed E-state index contributed by atoms with van der Waals surface area (Å²) in [4.78, 5) is 0. The largest absolute Gasteiger partial charge is 0.392 e. The highest BCUT2D eigenvalue weighted by atomic mass is 79.9. The van der Waals surface area contributed by atoms with Crippen LogP contribution in [0.3, 0.4) is 0 Å². The van der Waals surface area contributed by atoms with Gasteiger partial charge in [0.1, 0.15) is 0 Å².